The Morgan fingerprint density at radius 3 is 2.31 bits per heavy atom. The lowest BCUT2D eigenvalue weighted by Crippen LogP contribution is -2.22. The SMILES string of the molecule is CCn1cc(C(=O)NCc2ccc(COCc3ccccc3)cc2)cn1. The maximum Gasteiger partial charge on any atom is 0.254 e. The van der Waals surface area contributed by atoms with Crippen LogP contribution in [0.3, 0.4) is 0 Å². The Balaban J connectivity index is 1.44. The lowest BCUT2D eigenvalue weighted by molar-refractivity contribution is 0.0950. The predicted molar refractivity (Wildman–Crippen MR) is 100 cm³/mol. The van der Waals surface area contributed by atoms with E-state index in [4.69, 9.17) is 4.74 Å². The number of aromatic nitrogens is 2. The van der Waals surface area contributed by atoms with Crippen molar-refractivity contribution in [2.24, 2.45) is 0 Å². The first-order valence-corrected chi connectivity index (χ1v) is 8.74. The van der Waals surface area contributed by atoms with Crippen LogP contribution in [0.1, 0.15) is 34.0 Å². The van der Waals surface area contributed by atoms with Crippen molar-refractivity contribution < 1.29 is 9.53 Å². The molecule has 26 heavy (non-hydrogen) atoms. The van der Waals surface area contributed by atoms with E-state index in [0.717, 1.165) is 17.7 Å². The highest BCUT2D eigenvalue weighted by atomic mass is 16.5. The summed E-state index contributed by atoms with van der Waals surface area (Å²) in [5.74, 6) is -0.111. The van der Waals surface area contributed by atoms with Crippen molar-refractivity contribution in [3.63, 3.8) is 0 Å². The number of carbonyl (C=O) groups excluding carboxylic acids is 1. The smallest absolute Gasteiger partial charge is 0.254 e. The van der Waals surface area contributed by atoms with Crippen LogP contribution < -0.4 is 5.32 Å². The van der Waals surface area contributed by atoms with E-state index in [0.29, 0.717) is 25.3 Å². The lowest BCUT2D eigenvalue weighted by Gasteiger charge is -2.07. The predicted octanol–water partition coefficient (Wildman–Crippen LogP) is 3.55. The fourth-order valence-corrected chi connectivity index (χ4v) is 2.55. The summed E-state index contributed by atoms with van der Waals surface area (Å²) in [4.78, 5) is 12.1. The zero-order valence-corrected chi connectivity index (χ0v) is 14.9. The van der Waals surface area contributed by atoms with Crippen LogP contribution in [0.5, 0.6) is 0 Å². The number of hydrogen-bond acceptors (Lipinski definition) is 3. The van der Waals surface area contributed by atoms with Crippen molar-refractivity contribution >= 4 is 5.91 Å². The van der Waals surface area contributed by atoms with E-state index in [1.165, 1.54) is 5.56 Å². The number of ether oxygens (including phenoxy) is 1. The first-order chi connectivity index (χ1) is 12.7. The summed E-state index contributed by atoms with van der Waals surface area (Å²) < 4.78 is 7.47. The number of aryl methyl sites for hydroxylation is 1. The average Bonchev–Trinajstić information content (AvgIpc) is 3.17. The highest BCUT2D eigenvalue weighted by Gasteiger charge is 2.07. The number of amides is 1. The molecule has 0 fully saturated rings. The molecule has 2 aromatic carbocycles. The largest absolute Gasteiger partial charge is 0.372 e. The summed E-state index contributed by atoms with van der Waals surface area (Å²) in [5, 5.41) is 7.03. The van der Waals surface area contributed by atoms with E-state index in [9.17, 15) is 4.79 Å². The van der Waals surface area contributed by atoms with Crippen molar-refractivity contribution in [3.05, 3.63) is 89.2 Å². The zero-order chi connectivity index (χ0) is 18.2. The van der Waals surface area contributed by atoms with Crippen molar-refractivity contribution in [1.82, 2.24) is 15.1 Å². The van der Waals surface area contributed by atoms with Gasteiger partial charge in [-0.15, -0.1) is 0 Å². The van der Waals surface area contributed by atoms with Crippen LogP contribution in [-0.2, 0) is 31.0 Å². The molecule has 0 saturated carbocycles. The minimum atomic E-state index is -0.111. The monoisotopic (exact) mass is 349 g/mol. The van der Waals surface area contributed by atoms with Gasteiger partial charge in [-0.05, 0) is 23.6 Å². The van der Waals surface area contributed by atoms with E-state index in [2.05, 4.69) is 22.5 Å². The molecule has 1 heterocycles. The van der Waals surface area contributed by atoms with Gasteiger partial charge in [-0.3, -0.25) is 9.48 Å². The minimum Gasteiger partial charge on any atom is -0.372 e. The van der Waals surface area contributed by atoms with Gasteiger partial charge in [0.25, 0.3) is 5.91 Å². The van der Waals surface area contributed by atoms with Gasteiger partial charge in [0, 0.05) is 19.3 Å². The quantitative estimate of drug-likeness (QED) is 0.677. The molecule has 3 rings (SSSR count). The molecule has 1 amide bonds. The molecule has 0 bridgehead atoms. The molecule has 0 unspecified atom stereocenters. The van der Waals surface area contributed by atoms with Gasteiger partial charge in [-0.25, -0.2) is 0 Å². The second-order valence-corrected chi connectivity index (χ2v) is 6.06. The van der Waals surface area contributed by atoms with Gasteiger partial charge in [-0.1, -0.05) is 54.6 Å². The molecule has 0 aliphatic rings. The molecule has 1 N–H and O–H groups in total. The number of benzene rings is 2. The number of hydrogen-bond donors (Lipinski definition) is 1. The van der Waals surface area contributed by atoms with Gasteiger partial charge in [0.2, 0.25) is 0 Å². The topological polar surface area (TPSA) is 56.2 Å². The molecule has 0 radical (unpaired) electrons. The van der Waals surface area contributed by atoms with Crippen LogP contribution in [0, 0.1) is 0 Å². The van der Waals surface area contributed by atoms with Crippen LogP contribution in [0.2, 0.25) is 0 Å². The third-order valence-corrected chi connectivity index (χ3v) is 4.08. The fraction of sp³-hybridized carbons (Fsp3) is 0.238. The first kappa shape index (κ1) is 17.9. The molecule has 134 valence electrons. The summed E-state index contributed by atoms with van der Waals surface area (Å²) in [6.07, 6.45) is 3.34. The summed E-state index contributed by atoms with van der Waals surface area (Å²) in [6, 6.07) is 18.2. The molecule has 5 nitrogen and oxygen atoms in total. The highest BCUT2D eigenvalue weighted by Crippen LogP contribution is 2.08. The van der Waals surface area contributed by atoms with Crippen molar-refractivity contribution in [3.8, 4) is 0 Å². The average molecular weight is 349 g/mol. The molecule has 5 heteroatoms. The summed E-state index contributed by atoms with van der Waals surface area (Å²) in [5.41, 5.74) is 3.91. The Kier molecular flexibility index (Phi) is 6.17. The van der Waals surface area contributed by atoms with Gasteiger partial charge in [0.05, 0.1) is 25.0 Å². The van der Waals surface area contributed by atoms with Gasteiger partial charge in [0.1, 0.15) is 0 Å². The van der Waals surface area contributed by atoms with Crippen LogP contribution in [-0.4, -0.2) is 15.7 Å². The Labute approximate surface area is 153 Å². The lowest BCUT2D eigenvalue weighted by atomic mass is 10.1. The molecule has 0 aliphatic heterocycles. The third kappa shape index (κ3) is 5.04. The first-order valence-electron chi connectivity index (χ1n) is 8.74. The van der Waals surface area contributed by atoms with E-state index in [1.54, 1.807) is 17.1 Å². The van der Waals surface area contributed by atoms with Gasteiger partial charge >= 0.3 is 0 Å². The Morgan fingerprint density at radius 1 is 1.00 bits per heavy atom. The molecule has 3 aromatic rings. The summed E-state index contributed by atoms with van der Waals surface area (Å²) >= 11 is 0. The Morgan fingerprint density at radius 2 is 1.65 bits per heavy atom. The van der Waals surface area contributed by atoms with Crippen LogP contribution in [0.15, 0.2) is 67.0 Å². The maximum atomic E-state index is 12.1. The Hall–Kier alpha value is -2.92. The molecular weight excluding hydrogens is 326 g/mol. The summed E-state index contributed by atoms with van der Waals surface area (Å²) in [6.45, 7) is 4.39. The number of nitrogens with zero attached hydrogens (tertiary/aromatic N) is 2. The Bertz CT molecular complexity index is 826. The molecule has 1 aromatic heterocycles. The third-order valence-electron chi connectivity index (χ3n) is 4.08. The molecule has 0 saturated heterocycles. The number of nitrogens with one attached hydrogen (secondary N) is 1. The second kappa shape index (κ2) is 8.97. The fourth-order valence-electron chi connectivity index (χ4n) is 2.55. The highest BCUT2D eigenvalue weighted by molar-refractivity contribution is 5.93. The molecule has 0 atom stereocenters. The van der Waals surface area contributed by atoms with E-state index < -0.39 is 0 Å². The van der Waals surface area contributed by atoms with E-state index >= 15 is 0 Å². The van der Waals surface area contributed by atoms with Crippen molar-refractivity contribution in [2.45, 2.75) is 33.2 Å². The molecule has 0 aliphatic carbocycles. The summed E-state index contributed by atoms with van der Waals surface area (Å²) in [7, 11) is 0. The molecule has 0 spiro atoms. The normalized spacial score (nSPS) is 10.7. The van der Waals surface area contributed by atoms with Crippen LogP contribution in [0.25, 0.3) is 0 Å². The van der Waals surface area contributed by atoms with Gasteiger partial charge < -0.3 is 10.1 Å². The maximum absolute atomic E-state index is 12.1. The number of rotatable bonds is 8. The second-order valence-electron chi connectivity index (χ2n) is 6.06. The van der Waals surface area contributed by atoms with Crippen LogP contribution >= 0.6 is 0 Å². The number of carbonyl (C=O) groups is 1. The van der Waals surface area contributed by atoms with Gasteiger partial charge in [0.15, 0.2) is 0 Å². The van der Waals surface area contributed by atoms with Crippen molar-refractivity contribution in [1.29, 1.82) is 0 Å². The van der Waals surface area contributed by atoms with E-state index in [1.807, 2.05) is 49.4 Å². The van der Waals surface area contributed by atoms with E-state index in [-0.39, 0.29) is 5.91 Å². The van der Waals surface area contributed by atoms with Crippen LogP contribution in [0.4, 0.5) is 0 Å². The zero-order valence-electron chi connectivity index (χ0n) is 14.9. The molecular formula is C21H23N3O2. The minimum absolute atomic E-state index is 0.111. The van der Waals surface area contributed by atoms with Gasteiger partial charge in [-0.2, -0.15) is 5.10 Å². The standard InChI is InChI=1S/C21H23N3O2/c1-2-24-14-20(13-23-24)21(25)22-12-17-8-10-19(11-9-17)16-26-15-18-6-4-3-5-7-18/h3-11,13-14H,2,12,15-16H2,1H3,(H,22,25). The van der Waals surface area contributed by atoms with Crippen molar-refractivity contribution in [2.75, 3.05) is 0 Å².